The molecule has 2 nitrogen and oxygen atoms in total. The van der Waals surface area contributed by atoms with E-state index in [9.17, 15) is 4.39 Å². The highest BCUT2D eigenvalue weighted by molar-refractivity contribution is 7.99. The van der Waals surface area contributed by atoms with Crippen molar-refractivity contribution in [3.63, 3.8) is 0 Å². The van der Waals surface area contributed by atoms with Crippen LogP contribution in [-0.2, 0) is 11.3 Å². The first-order valence-corrected chi connectivity index (χ1v) is 7.17. The fraction of sp³-hybridized carbons (Fsp3) is 0.188. The van der Waals surface area contributed by atoms with E-state index in [1.807, 2.05) is 0 Å². The van der Waals surface area contributed by atoms with Gasteiger partial charge in [0.1, 0.15) is 5.82 Å². The number of halogens is 1. The van der Waals surface area contributed by atoms with Crippen molar-refractivity contribution in [3.05, 3.63) is 59.4 Å². The first kappa shape index (κ1) is 13.3. The minimum absolute atomic E-state index is 0.207. The molecule has 0 bridgehead atoms. The molecule has 20 heavy (non-hydrogen) atoms. The van der Waals surface area contributed by atoms with Crippen molar-refractivity contribution < 1.29 is 9.13 Å². The number of aliphatic imine (C=N–C) groups is 1. The Bertz CT molecular complexity index is 652. The Balaban J connectivity index is 1.79. The van der Waals surface area contributed by atoms with Crippen molar-refractivity contribution in [2.45, 2.75) is 16.3 Å². The zero-order valence-corrected chi connectivity index (χ0v) is 11.9. The lowest BCUT2D eigenvalue weighted by Crippen LogP contribution is -2.06. The second-order valence-electron chi connectivity index (χ2n) is 4.57. The molecule has 0 saturated carbocycles. The van der Waals surface area contributed by atoms with Crippen LogP contribution in [0.5, 0.6) is 0 Å². The molecule has 4 heteroatoms. The predicted molar refractivity (Wildman–Crippen MR) is 79.1 cm³/mol. The van der Waals surface area contributed by atoms with Crippen LogP contribution in [0.1, 0.15) is 11.1 Å². The van der Waals surface area contributed by atoms with Crippen LogP contribution in [-0.4, -0.2) is 19.4 Å². The lowest BCUT2D eigenvalue weighted by atomic mass is 10.1. The molecular weight excluding hydrogens is 273 g/mol. The smallest absolute Gasteiger partial charge is 0.123 e. The Kier molecular flexibility index (Phi) is 3.85. The van der Waals surface area contributed by atoms with Crippen LogP contribution < -0.4 is 0 Å². The van der Waals surface area contributed by atoms with Gasteiger partial charge in [-0.2, -0.15) is 0 Å². The highest BCUT2D eigenvalue weighted by Crippen LogP contribution is 2.31. The molecular formula is C16H14FNOS. The zero-order chi connectivity index (χ0) is 13.9. The topological polar surface area (TPSA) is 21.6 Å². The summed E-state index contributed by atoms with van der Waals surface area (Å²) in [5.74, 6) is -0.207. The third kappa shape index (κ3) is 2.76. The van der Waals surface area contributed by atoms with Gasteiger partial charge in [-0.1, -0.05) is 17.8 Å². The Hall–Kier alpha value is -1.65. The molecule has 0 radical (unpaired) electrons. The van der Waals surface area contributed by atoms with Gasteiger partial charge in [0, 0.05) is 22.5 Å². The van der Waals surface area contributed by atoms with Crippen LogP contribution in [0.4, 0.5) is 4.39 Å². The molecule has 3 rings (SSSR count). The Morgan fingerprint density at radius 2 is 1.90 bits per heavy atom. The SMILES string of the molecule is COCC1=NCc2cc(Sc3ccc(F)cc3)ccc21. The molecule has 0 spiro atoms. The standard InChI is InChI=1S/C16H14FNOS/c1-19-10-16-15-7-6-14(8-11(15)9-18-16)20-13-4-2-12(17)3-5-13/h2-8H,9-10H2,1H3. The summed E-state index contributed by atoms with van der Waals surface area (Å²) in [6, 6.07) is 12.9. The van der Waals surface area contributed by atoms with Gasteiger partial charge in [0.05, 0.1) is 18.9 Å². The molecule has 0 saturated heterocycles. The molecule has 2 aromatic rings. The fourth-order valence-corrected chi connectivity index (χ4v) is 3.09. The normalized spacial score (nSPS) is 13.2. The maximum Gasteiger partial charge on any atom is 0.123 e. The molecule has 0 N–H and O–H groups in total. The molecule has 0 fully saturated rings. The molecule has 1 aliphatic heterocycles. The third-order valence-electron chi connectivity index (χ3n) is 3.16. The van der Waals surface area contributed by atoms with Crippen LogP contribution in [0.3, 0.4) is 0 Å². The van der Waals surface area contributed by atoms with Crippen LogP contribution in [0.15, 0.2) is 57.2 Å². The van der Waals surface area contributed by atoms with E-state index in [0.29, 0.717) is 13.2 Å². The van der Waals surface area contributed by atoms with Crippen molar-refractivity contribution in [2.75, 3.05) is 13.7 Å². The van der Waals surface area contributed by atoms with Crippen LogP contribution in [0.2, 0.25) is 0 Å². The highest BCUT2D eigenvalue weighted by atomic mass is 32.2. The zero-order valence-electron chi connectivity index (χ0n) is 11.1. The first-order valence-electron chi connectivity index (χ1n) is 6.35. The van der Waals surface area contributed by atoms with E-state index in [0.717, 1.165) is 15.5 Å². The predicted octanol–water partition coefficient (Wildman–Crippen LogP) is 3.93. The fourth-order valence-electron chi connectivity index (χ4n) is 2.21. The molecule has 1 heterocycles. The van der Waals surface area contributed by atoms with Gasteiger partial charge in [-0.3, -0.25) is 4.99 Å². The maximum atomic E-state index is 12.9. The summed E-state index contributed by atoms with van der Waals surface area (Å²) in [6.07, 6.45) is 0. The van der Waals surface area contributed by atoms with E-state index in [1.54, 1.807) is 31.0 Å². The number of rotatable bonds is 4. The van der Waals surface area contributed by atoms with Gasteiger partial charge >= 0.3 is 0 Å². The third-order valence-corrected chi connectivity index (χ3v) is 4.16. The second-order valence-corrected chi connectivity index (χ2v) is 5.72. The molecule has 102 valence electrons. The van der Waals surface area contributed by atoms with Crippen molar-refractivity contribution in [1.29, 1.82) is 0 Å². The average Bonchev–Trinajstić information content (AvgIpc) is 2.85. The van der Waals surface area contributed by atoms with E-state index in [1.165, 1.54) is 23.3 Å². The number of benzene rings is 2. The van der Waals surface area contributed by atoms with Crippen LogP contribution >= 0.6 is 11.8 Å². The lowest BCUT2D eigenvalue weighted by Gasteiger charge is -2.06. The van der Waals surface area contributed by atoms with E-state index in [2.05, 4.69) is 23.2 Å². The summed E-state index contributed by atoms with van der Waals surface area (Å²) in [5.41, 5.74) is 3.42. The van der Waals surface area contributed by atoms with Gasteiger partial charge in [0.15, 0.2) is 0 Å². The first-order chi connectivity index (χ1) is 9.76. The number of methoxy groups -OCH3 is 1. The lowest BCUT2D eigenvalue weighted by molar-refractivity contribution is 0.245. The van der Waals surface area contributed by atoms with Gasteiger partial charge in [-0.15, -0.1) is 0 Å². The van der Waals surface area contributed by atoms with Crippen LogP contribution in [0, 0.1) is 5.82 Å². The monoisotopic (exact) mass is 287 g/mol. The summed E-state index contributed by atoms with van der Waals surface area (Å²) < 4.78 is 18.0. The van der Waals surface area contributed by atoms with E-state index < -0.39 is 0 Å². The average molecular weight is 287 g/mol. The number of hydrogen-bond acceptors (Lipinski definition) is 3. The number of ether oxygens (including phenoxy) is 1. The Morgan fingerprint density at radius 3 is 2.65 bits per heavy atom. The molecule has 1 aliphatic rings. The summed E-state index contributed by atoms with van der Waals surface area (Å²) in [7, 11) is 1.68. The van der Waals surface area contributed by atoms with Gasteiger partial charge in [-0.05, 0) is 42.0 Å². The summed E-state index contributed by atoms with van der Waals surface area (Å²) in [4.78, 5) is 6.66. The van der Waals surface area contributed by atoms with Gasteiger partial charge in [-0.25, -0.2) is 4.39 Å². The Morgan fingerprint density at radius 1 is 1.15 bits per heavy atom. The molecule has 0 atom stereocenters. The number of nitrogens with zero attached hydrogens (tertiary/aromatic N) is 1. The van der Waals surface area contributed by atoms with Crippen LogP contribution in [0.25, 0.3) is 0 Å². The molecule has 0 unspecified atom stereocenters. The molecule has 0 aromatic heterocycles. The number of fused-ring (bicyclic) bond motifs is 1. The van der Waals surface area contributed by atoms with E-state index in [4.69, 9.17) is 4.74 Å². The highest BCUT2D eigenvalue weighted by Gasteiger charge is 2.15. The largest absolute Gasteiger partial charge is 0.378 e. The van der Waals surface area contributed by atoms with Crippen molar-refractivity contribution in [1.82, 2.24) is 0 Å². The minimum Gasteiger partial charge on any atom is -0.378 e. The van der Waals surface area contributed by atoms with Crippen molar-refractivity contribution in [3.8, 4) is 0 Å². The van der Waals surface area contributed by atoms with E-state index in [-0.39, 0.29) is 5.82 Å². The summed E-state index contributed by atoms with van der Waals surface area (Å²) in [5, 5.41) is 0. The molecule has 2 aromatic carbocycles. The quantitative estimate of drug-likeness (QED) is 0.850. The Labute approximate surface area is 121 Å². The van der Waals surface area contributed by atoms with Gasteiger partial charge < -0.3 is 4.74 Å². The summed E-state index contributed by atoms with van der Waals surface area (Å²) >= 11 is 1.63. The minimum atomic E-state index is -0.207. The van der Waals surface area contributed by atoms with E-state index >= 15 is 0 Å². The summed E-state index contributed by atoms with van der Waals surface area (Å²) in [6.45, 7) is 1.27. The molecule has 0 amide bonds. The number of hydrogen-bond donors (Lipinski definition) is 0. The van der Waals surface area contributed by atoms with Gasteiger partial charge in [0.25, 0.3) is 0 Å². The van der Waals surface area contributed by atoms with Crippen molar-refractivity contribution in [2.24, 2.45) is 4.99 Å². The van der Waals surface area contributed by atoms with Gasteiger partial charge in [0.2, 0.25) is 0 Å². The molecule has 0 aliphatic carbocycles. The maximum absolute atomic E-state index is 12.9. The van der Waals surface area contributed by atoms with Crippen molar-refractivity contribution >= 4 is 17.5 Å². The second kappa shape index (κ2) is 5.77.